The van der Waals surface area contributed by atoms with Crippen LogP contribution >= 0.6 is 0 Å². The van der Waals surface area contributed by atoms with E-state index in [-0.39, 0.29) is 11.5 Å². The first kappa shape index (κ1) is 10.4. The largest absolute Gasteiger partial charge is 0.479 e. The molecule has 0 spiro atoms. The van der Waals surface area contributed by atoms with Gasteiger partial charge in [0.05, 0.1) is 6.61 Å². The van der Waals surface area contributed by atoms with Crippen molar-refractivity contribution in [3.8, 4) is 0 Å². The molecule has 0 aromatic carbocycles. The van der Waals surface area contributed by atoms with Crippen LogP contribution in [0.3, 0.4) is 0 Å². The minimum Gasteiger partial charge on any atom is -0.479 e. The van der Waals surface area contributed by atoms with E-state index in [1.807, 2.05) is 0 Å². The number of aliphatic carboxylic acids is 1. The number of carboxylic acids is 1. The fourth-order valence-electron chi connectivity index (χ4n) is 1.69. The number of β-lactam (4-membered cyclic amide) rings is 1. The zero-order valence-electron chi connectivity index (χ0n) is 7.90. The number of fused-ring (bicyclic) bond motifs is 1. The van der Waals surface area contributed by atoms with Gasteiger partial charge in [0, 0.05) is 0 Å². The van der Waals surface area contributed by atoms with E-state index in [1.165, 1.54) is 0 Å². The monoisotopic (exact) mass is 228 g/mol. The molecular formula is C8H8N2O6. The van der Waals surface area contributed by atoms with E-state index in [2.05, 4.69) is 5.16 Å². The molecule has 0 unspecified atom stereocenters. The highest BCUT2D eigenvalue weighted by Gasteiger charge is 2.59. The molecule has 0 aromatic rings. The van der Waals surface area contributed by atoms with Gasteiger partial charge in [0.1, 0.15) is 5.76 Å². The number of oxime groups is 1. The molecule has 3 N–H and O–H groups in total. The molecule has 2 aliphatic heterocycles. The van der Waals surface area contributed by atoms with Gasteiger partial charge in [-0.05, 0) is 6.08 Å². The Bertz CT molecular complexity index is 415. The Hall–Kier alpha value is -2.09. The first-order valence-corrected chi connectivity index (χ1v) is 4.36. The molecule has 8 nitrogen and oxygen atoms in total. The number of hydrogen-bond acceptors (Lipinski definition) is 6. The van der Waals surface area contributed by atoms with Gasteiger partial charge in [0.25, 0.3) is 5.91 Å². The average Bonchev–Trinajstić information content (AvgIpc) is 2.55. The number of nitrogens with zero attached hydrogens (tertiary/aromatic N) is 2. The number of amides is 1. The van der Waals surface area contributed by atoms with Gasteiger partial charge in [-0.1, -0.05) is 5.16 Å². The van der Waals surface area contributed by atoms with Gasteiger partial charge in [-0.2, -0.15) is 0 Å². The number of aliphatic hydroxyl groups is 1. The summed E-state index contributed by atoms with van der Waals surface area (Å²) in [6, 6.07) is -1.27. The summed E-state index contributed by atoms with van der Waals surface area (Å²) in [6.45, 7) is -0.403. The predicted molar refractivity (Wildman–Crippen MR) is 47.5 cm³/mol. The van der Waals surface area contributed by atoms with Crippen LogP contribution in [0.1, 0.15) is 0 Å². The molecule has 0 aliphatic carbocycles. The van der Waals surface area contributed by atoms with Crippen molar-refractivity contribution in [2.45, 2.75) is 12.3 Å². The number of carboxylic acid groups (broad SMARTS) is 1. The summed E-state index contributed by atoms with van der Waals surface area (Å²) in [5.41, 5.74) is -0.243. The lowest BCUT2D eigenvalue weighted by atomic mass is 10.1. The summed E-state index contributed by atoms with van der Waals surface area (Å²) in [7, 11) is 0. The fraction of sp³-hybridized carbons (Fsp3) is 0.375. The molecule has 0 radical (unpaired) electrons. The number of aliphatic hydroxyl groups excluding tert-OH is 1. The molecule has 16 heavy (non-hydrogen) atoms. The van der Waals surface area contributed by atoms with Crippen molar-refractivity contribution in [2.75, 3.05) is 6.61 Å². The normalized spacial score (nSPS) is 32.6. The molecule has 2 heterocycles. The van der Waals surface area contributed by atoms with Crippen LogP contribution in [0.25, 0.3) is 0 Å². The van der Waals surface area contributed by atoms with Crippen LogP contribution in [0.2, 0.25) is 0 Å². The Morgan fingerprint density at radius 1 is 1.62 bits per heavy atom. The fourth-order valence-corrected chi connectivity index (χ4v) is 1.69. The Kier molecular flexibility index (Phi) is 2.27. The molecule has 2 fully saturated rings. The summed E-state index contributed by atoms with van der Waals surface area (Å²) < 4.78 is 5.08. The maximum Gasteiger partial charge on any atom is 0.334 e. The third-order valence-corrected chi connectivity index (χ3v) is 2.37. The Labute approximate surface area is 89.0 Å². The van der Waals surface area contributed by atoms with Crippen molar-refractivity contribution in [3.05, 3.63) is 11.8 Å². The van der Waals surface area contributed by atoms with Gasteiger partial charge in [-0.25, -0.2) is 4.79 Å². The minimum absolute atomic E-state index is 0.0352. The van der Waals surface area contributed by atoms with E-state index in [0.29, 0.717) is 0 Å². The van der Waals surface area contributed by atoms with Crippen LogP contribution in [0.4, 0.5) is 0 Å². The van der Waals surface area contributed by atoms with Crippen LogP contribution in [0.15, 0.2) is 17.0 Å². The quantitative estimate of drug-likeness (QED) is 0.296. The van der Waals surface area contributed by atoms with E-state index in [9.17, 15) is 9.59 Å². The predicted octanol–water partition coefficient (Wildman–Crippen LogP) is -1.66. The second-order valence-electron chi connectivity index (χ2n) is 3.20. The van der Waals surface area contributed by atoms with Crippen molar-refractivity contribution >= 4 is 17.6 Å². The van der Waals surface area contributed by atoms with E-state index >= 15 is 0 Å². The highest BCUT2D eigenvalue weighted by atomic mass is 16.5. The summed E-state index contributed by atoms with van der Waals surface area (Å²) in [5.74, 6) is -2.00. The van der Waals surface area contributed by atoms with Crippen molar-refractivity contribution in [1.29, 1.82) is 0 Å². The van der Waals surface area contributed by atoms with Crippen molar-refractivity contribution in [3.63, 3.8) is 0 Å². The molecule has 8 heteroatoms. The Morgan fingerprint density at radius 3 is 2.81 bits per heavy atom. The summed E-state index contributed by atoms with van der Waals surface area (Å²) in [6.07, 6.45) is 0.177. The molecule has 0 bridgehead atoms. The summed E-state index contributed by atoms with van der Waals surface area (Å²) >= 11 is 0. The van der Waals surface area contributed by atoms with Crippen LogP contribution in [-0.4, -0.2) is 56.8 Å². The topological polar surface area (TPSA) is 120 Å². The maximum absolute atomic E-state index is 11.3. The summed E-state index contributed by atoms with van der Waals surface area (Å²) in [5, 5.41) is 28.8. The number of carbonyl (C=O) groups excluding carboxylic acids is 1. The van der Waals surface area contributed by atoms with Crippen molar-refractivity contribution < 1.29 is 29.7 Å². The number of carbonyl (C=O) groups is 2. The number of hydrogen-bond donors (Lipinski definition) is 3. The first-order chi connectivity index (χ1) is 7.61. The van der Waals surface area contributed by atoms with Crippen LogP contribution in [-0.2, 0) is 14.3 Å². The lowest BCUT2D eigenvalue weighted by Crippen LogP contribution is -2.62. The van der Waals surface area contributed by atoms with Gasteiger partial charge in [-0.15, -0.1) is 0 Å². The highest BCUT2D eigenvalue weighted by molar-refractivity contribution is 6.47. The zero-order valence-corrected chi connectivity index (χ0v) is 7.90. The third kappa shape index (κ3) is 1.16. The van der Waals surface area contributed by atoms with Gasteiger partial charge in [0.15, 0.2) is 6.04 Å². The third-order valence-electron chi connectivity index (χ3n) is 2.37. The smallest absolute Gasteiger partial charge is 0.334 e. The first-order valence-electron chi connectivity index (χ1n) is 4.36. The lowest BCUT2D eigenvalue weighted by Gasteiger charge is -2.33. The van der Waals surface area contributed by atoms with Crippen LogP contribution in [0.5, 0.6) is 0 Å². The molecule has 0 aromatic heterocycles. The molecule has 2 saturated heterocycles. The average molecular weight is 228 g/mol. The highest BCUT2D eigenvalue weighted by Crippen LogP contribution is 2.34. The second-order valence-corrected chi connectivity index (χ2v) is 3.20. The molecule has 2 aliphatic rings. The van der Waals surface area contributed by atoms with Crippen LogP contribution in [0, 0.1) is 0 Å². The molecule has 2 rings (SSSR count). The molecular weight excluding hydrogens is 220 g/mol. The van der Waals surface area contributed by atoms with E-state index in [1.54, 1.807) is 0 Å². The van der Waals surface area contributed by atoms with E-state index in [4.69, 9.17) is 20.2 Å². The zero-order chi connectivity index (χ0) is 11.9. The van der Waals surface area contributed by atoms with Gasteiger partial charge < -0.3 is 20.2 Å². The Balaban J connectivity index is 2.34. The minimum atomic E-state index is -1.27. The molecule has 1 amide bonds. The van der Waals surface area contributed by atoms with Crippen LogP contribution < -0.4 is 0 Å². The summed E-state index contributed by atoms with van der Waals surface area (Å²) in [4.78, 5) is 23.2. The number of rotatable bonds is 2. The van der Waals surface area contributed by atoms with E-state index in [0.717, 1.165) is 11.0 Å². The molecule has 0 saturated carbocycles. The Morgan fingerprint density at radius 2 is 2.31 bits per heavy atom. The van der Waals surface area contributed by atoms with Gasteiger partial charge >= 0.3 is 5.97 Å². The van der Waals surface area contributed by atoms with Crippen molar-refractivity contribution in [1.82, 2.24) is 4.90 Å². The van der Waals surface area contributed by atoms with Gasteiger partial charge in [0.2, 0.25) is 11.9 Å². The van der Waals surface area contributed by atoms with Gasteiger partial charge in [-0.3, -0.25) is 9.69 Å². The SMILES string of the molecule is O=C(O)[C@H]1/C(=C/CO)O[C@@H]2/C(=N/O)C(=O)N21. The maximum atomic E-state index is 11.3. The standard InChI is InChI=1S/C8H8N2O6/c11-2-1-3-5(8(13)14)10-6(12)4(9-15)7(10)16-3/h1,5,7,11,15H,2H2,(H,13,14)/b3-1-,9-4+/t5-,7-/m1/s1. The van der Waals surface area contributed by atoms with E-state index < -0.39 is 30.8 Å². The lowest BCUT2D eigenvalue weighted by molar-refractivity contribution is -0.149. The van der Waals surface area contributed by atoms with Crippen molar-refractivity contribution in [2.24, 2.45) is 5.16 Å². The molecule has 2 atom stereocenters. The molecule has 86 valence electrons. The second kappa shape index (κ2) is 3.49. The number of ether oxygens (including phenoxy) is 1.